The summed E-state index contributed by atoms with van der Waals surface area (Å²) in [6, 6.07) is 7.76. The van der Waals surface area contributed by atoms with Gasteiger partial charge in [-0.15, -0.1) is 24.8 Å². The van der Waals surface area contributed by atoms with Gasteiger partial charge in [0.2, 0.25) is 5.91 Å². The van der Waals surface area contributed by atoms with E-state index in [4.69, 9.17) is 9.47 Å². The molecule has 0 bridgehead atoms. The maximum Gasteiger partial charge on any atom is 0.237 e. The van der Waals surface area contributed by atoms with Gasteiger partial charge in [0.1, 0.15) is 5.75 Å². The van der Waals surface area contributed by atoms with Crippen LogP contribution in [0.3, 0.4) is 0 Å². The van der Waals surface area contributed by atoms with Gasteiger partial charge in [-0.3, -0.25) is 9.69 Å². The minimum Gasteiger partial charge on any atom is -0.497 e. The molecule has 9 heteroatoms. The van der Waals surface area contributed by atoms with E-state index in [9.17, 15) is 9.90 Å². The third kappa shape index (κ3) is 6.48. The third-order valence-corrected chi connectivity index (χ3v) is 4.88. The van der Waals surface area contributed by atoms with Gasteiger partial charge in [0.05, 0.1) is 38.5 Å². The maximum absolute atomic E-state index is 12.4. The molecule has 2 aliphatic rings. The molecule has 0 spiro atoms. The Morgan fingerprint density at radius 2 is 2.00 bits per heavy atom. The number of rotatable bonds is 6. The van der Waals surface area contributed by atoms with Crippen molar-refractivity contribution < 1.29 is 19.4 Å². The van der Waals surface area contributed by atoms with Crippen LogP contribution in [0.15, 0.2) is 24.3 Å². The molecular formula is C18H29Cl2N3O4. The number of amides is 1. The highest BCUT2D eigenvalue weighted by Gasteiger charge is 2.29. The van der Waals surface area contributed by atoms with E-state index in [2.05, 4.69) is 15.5 Å². The monoisotopic (exact) mass is 421 g/mol. The summed E-state index contributed by atoms with van der Waals surface area (Å²) in [6.45, 7) is 4.09. The van der Waals surface area contributed by atoms with Crippen LogP contribution in [-0.4, -0.2) is 74.6 Å². The Bertz CT molecular complexity index is 570. The van der Waals surface area contributed by atoms with Crippen LogP contribution in [0.25, 0.3) is 0 Å². The first-order valence-corrected chi connectivity index (χ1v) is 8.82. The Morgan fingerprint density at radius 1 is 1.33 bits per heavy atom. The van der Waals surface area contributed by atoms with Gasteiger partial charge in [0.15, 0.2) is 0 Å². The molecule has 3 N–H and O–H groups in total. The molecule has 2 saturated heterocycles. The fraction of sp³-hybridized carbons (Fsp3) is 0.611. The van der Waals surface area contributed by atoms with Crippen molar-refractivity contribution in [2.75, 3.05) is 46.5 Å². The summed E-state index contributed by atoms with van der Waals surface area (Å²) in [7, 11) is 1.65. The number of methoxy groups -OCH3 is 1. The third-order valence-electron chi connectivity index (χ3n) is 4.88. The second-order valence-corrected chi connectivity index (χ2v) is 6.53. The van der Waals surface area contributed by atoms with Gasteiger partial charge in [-0.05, 0) is 24.1 Å². The van der Waals surface area contributed by atoms with Gasteiger partial charge in [-0.2, -0.15) is 0 Å². The Kier molecular flexibility index (Phi) is 10.4. The van der Waals surface area contributed by atoms with E-state index in [1.54, 1.807) is 7.11 Å². The number of hydrogen-bond donors (Lipinski definition) is 3. The van der Waals surface area contributed by atoms with Crippen LogP contribution < -0.4 is 15.4 Å². The molecule has 154 valence electrons. The van der Waals surface area contributed by atoms with E-state index in [-0.39, 0.29) is 42.8 Å². The van der Waals surface area contributed by atoms with Crippen molar-refractivity contribution in [3.63, 3.8) is 0 Å². The van der Waals surface area contributed by atoms with Crippen LogP contribution in [0.2, 0.25) is 0 Å². The van der Waals surface area contributed by atoms with Crippen molar-refractivity contribution in [3.05, 3.63) is 29.8 Å². The largest absolute Gasteiger partial charge is 0.497 e. The zero-order chi connectivity index (χ0) is 17.6. The SMILES string of the molecule is COc1ccc(C(CNC(=O)C2CC(O)CN2)N2CCOCC2)cc1.Cl.Cl. The van der Waals surface area contributed by atoms with E-state index in [0.717, 1.165) is 24.4 Å². The van der Waals surface area contributed by atoms with Gasteiger partial charge < -0.3 is 25.2 Å². The zero-order valence-corrected chi connectivity index (χ0v) is 17.1. The molecule has 3 rings (SSSR count). The number of carbonyl (C=O) groups is 1. The molecule has 3 atom stereocenters. The number of nitrogens with zero attached hydrogens (tertiary/aromatic N) is 1. The molecule has 3 unspecified atom stereocenters. The standard InChI is InChI=1S/C18H27N3O4.2ClH/c1-24-15-4-2-13(3-5-15)17(21-6-8-25-9-7-21)12-20-18(23)16-10-14(22)11-19-16;;/h2-5,14,16-17,19,22H,6-12H2,1H3,(H,20,23);2*1H. The van der Waals surface area contributed by atoms with E-state index >= 15 is 0 Å². The Hall–Kier alpha value is -1.09. The summed E-state index contributed by atoms with van der Waals surface area (Å²) >= 11 is 0. The molecule has 2 aliphatic heterocycles. The Balaban J connectivity index is 0.00000182. The predicted molar refractivity (Wildman–Crippen MR) is 108 cm³/mol. The highest BCUT2D eigenvalue weighted by molar-refractivity contribution is 5.85. The lowest BCUT2D eigenvalue weighted by Crippen LogP contribution is -2.47. The summed E-state index contributed by atoms with van der Waals surface area (Å²) in [5, 5.41) is 15.7. The molecule has 0 saturated carbocycles. The van der Waals surface area contributed by atoms with E-state index in [1.807, 2.05) is 24.3 Å². The van der Waals surface area contributed by atoms with Crippen LogP contribution in [0, 0.1) is 0 Å². The van der Waals surface area contributed by atoms with Crippen LogP contribution in [0.4, 0.5) is 0 Å². The highest BCUT2D eigenvalue weighted by atomic mass is 35.5. The number of carbonyl (C=O) groups excluding carboxylic acids is 1. The predicted octanol–water partition coefficient (Wildman–Crippen LogP) is 0.751. The zero-order valence-electron chi connectivity index (χ0n) is 15.4. The number of aliphatic hydroxyl groups excluding tert-OH is 1. The van der Waals surface area contributed by atoms with Crippen LogP contribution in [0.1, 0.15) is 18.0 Å². The summed E-state index contributed by atoms with van der Waals surface area (Å²) < 4.78 is 10.7. The quantitative estimate of drug-likeness (QED) is 0.628. The molecule has 0 aliphatic carbocycles. The maximum atomic E-state index is 12.4. The minimum atomic E-state index is -0.438. The van der Waals surface area contributed by atoms with Crippen molar-refractivity contribution in [1.82, 2.24) is 15.5 Å². The Morgan fingerprint density at radius 3 is 2.56 bits per heavy atom. The van der Waals surface area contributed by atoms with Crippen molar-refractivity contribution >= 4 is 30.7 Å². The first-order valence-electron chi connectivity index (χ1n) is 8.82. The molecule has 1 aromatic carbocycles. The molecular weight excluding hydrogens is 393 g/mol. The number of β-amino-alcohol motifs (C(OH)–C–C–N with tert-alkyl or cyclic N) is 1. The molecule has 1 amide bonds. The lowest BCUT2D eigenvalue weighted by molar-refractivity contribution is -0.123. The fourth-order valence-electron chi connectivity index (χ4n) is 3.41. The van der Waals surface area contributed by atoms with Crippen LogP contribution >= 0.6 is 24.8 Å². The number of nitrogens with one attached hydrogen (secondary N) is 2. The number of aliphatic hydroxyl groups is 1. The lowest BCUT2D eigenvalue weighted by atomic mass is 10.0. The molecule has 0 radical (unpaired) electrons. The smallest absolute Gasteiger partial charge is 0.237 e. The van der Waals surface area contributed by atoms with E-state index in [1.165, 1.54) is 0 Å². The second kappa shape index (κ2) is 11.7. The summed E-state index contributed by atoms with van der Waals surface area (Å²) in [4.78, 5) is 14.7. The average molecular weight is 422 g/mol. The van der Waals surface area contributed by atoms with Crippen molar-refractivity contribution in [2.45, 2.75) is 24.6 Å². The number of ether oxygens (including phenoxy) is 2. The van der Waals surface area contributed by atoms with E-state index in [0.29, 0.717) is 32.7 Å². The van der Waals surface area contributed by atoms with Gasteiger partial charge in [0.25, 0.3) is 0 Å². The van der Waals surface area contributed by atoms with Gasteiger partial charge in [0, 0.05) is 26.2 Å². The van der Waals surface area contributed by atoms with E-state index < -0.39 is 6.10 Å². The van der Waals surface area contributed by atoms with Crippen LogP contribution in [-0.2, 0) is 9.53 Å². The van der Waals surface area contributed by atoms with Crippen molar-refractivity contribution in [3.8, 4) is 5.75 Å². The number of morpholine rings is 1. The first kappa shape index (κ1) is 23.9. The summed E-state index contributed by atoms with van der Waals surface area (Å²) in [5.41, 5.74) is 1.14. The summed E-state index contributed by atoms with van der Waals surface area (Å²) in [6.07, 6.45) is 0.0312. The van der Waals surface area contributed by atoms with Crippen molar-refractivity contribution in [2.24, 2.45) is 0 Å². The topological polar surface area (TPSA) is 83.1 Å². The van der Waals surface area contributed by atoms with Gasteiger partial charge in [-0.25, -0.2) is 0 Å². The minimum absolute atomic E-state index is 0. The Labute approximate surface area is 172 Å². The molecule has 7 nitrogen and oxygen atoms in total. The molecule has 0 aromatic heterocycles. The molecule has 1 aromatic rings. The molecule has 2 fully saturated rings. The fourth-order valence-corrected chi connectivity index (χ4v) is 3.41. The van der Waals surface area contributed by atoms with Crippen molar-refractivity contribution in [1.29, 1.82) is 0 Å². The normalized spacial score (nSPS) is 23.6. The number of halogens is 2. The summed E-state index contributed by atoms with van der Waals surface area (Å²) in [5.74, 6) is 0.765. The van der Waals surface area contributed by atoms with Gasteiger partial charge >= 0.3 is 0 Å². The number of hydrogen-bond acceptors (Lipinski definition) is 6. The first-order chi connectivity index (χ1) is 12.2. The highest BCUT2D eigenvalue weighted by Crippen LogP contribution is 2.23. The average Bonchev–Trinajstić information content (AvgIpc) is 3.10. The second-order valence-electron chi connectivity index (χ2n) is 6.53. The molecule has 2 heterocycles. The van der Waals surface area contributed by atoms with Gasteiger partial charge in [-0.1, -0.05) is 12.1 Å². The number of benzene rings is 1. The van der Waals surface area contributed by atoms with Crippen LogP contribution in [0.5, 0.6) is 5.75 Å². The molecule has 27 heavy (non-hydrogen) atoms. The lowest BCUT2D eigenvalue weighted by Gasteiger charge is -2.35.